The summed E-state index contributed by atoms with van der Waals surface area (Å²) < 4.78 is 0. The Morgan fingerprint density at radius 1 is 1.08 bits per heavy atom. The molecule has 2 amide bonds. The van der Waals surface area contributed by atoms with Crippen molar-refractivity contribution in [3.05, 3.63) is 24.0 Å². The molecule has 6 heteroatoms. The zero-order chi connectivity index (χ0) is 17.8. The number of piperazine rings is 1. The van der Waals surface area contributed by atoms with Gasteiger partial charge >= 0.3 is 0 Å². The number of pyridine rings is 1. The first-order valence-electron chi connectivity index (χ1n) is 9.36. The van der Waals surface area contributed by atoms with Gasteiger partial charge in [-0.05, 0) is 31.7 Å². The smallest absolute Gasteiger partial charge is 0.255 e. The normalized spacial score (nSPS) is 21.4. The Morgan fingerprint density at radius 3 is 2.48 bits per heavy atom. The van der Waals surface area contributed by atoms with Crippen LogP contribution in [0.1, 0.15) is 49.9 Å². The Morgan fingerprint density at radius 2 is 1.80 bits per heavy atom. The maximum absolute atomic E-state index is 12.8. The maximum Gasteiger partial charge on any atom is 0.255 e. The van der Waals surface area contributed by atoms with E-state index in [1.54, 1.807) is 18.0 Å². The number of anilines is 1. The molecule has 0 aliphatic carbocycles. The molecule has 0 bridgehead atoms. The minimum atomic E-state index is 0.0163. The quantitative estimate of drug-likeness (QED) is 0.843. The van der Waals surface area contributed by atoms with E-state index in [1.807, 2.05) is 17.2 Å². The fraction of sp³-hybridized carbons (Fsp3) is 0.632. The summed E-state index contributed by atoms with van der Waals surface area (Å²) in [5.74, 6) is 0.0917. The second-order valence-electron chi connectivity index (χ2n) is 6.98. The number of carbonyl (C=O) groups is 2. The summed E-state index contributed by atoms with van der Waals surface area (Å²) in [7, 11) is 0. The van der Waals surface area contributed by atoms with Crippen molar-refractivity contribution < 1.29 is 9.59 Å². The van der Waals surface area contributed by atoms with Gasteiger partial charge < -0.3 is 14.7 Å². The molecule has 3 heterocycles. The van der Waals surface area contributed by atoms with Crippen molar-refractivity contribution in [2.45, 2.75) is 45.6 Å². The van der Waals surface area contributed by atoms with Crippen LogP contribution in [0.4, 0.5) is 5.69 Å². The van der Waals surface area contributed by atoms with E-state index in [2.05, 4.69) is 16.8 Å². The van der Waals surface area contributed by atoms with E-state index >= 15 is 0 Å². The molecular weight excluding hydrogens is 316 g/mol. The van der Waals surface area contributed by atoms with E-state index in [9.17, 15) is 9.59 Å². The zero-order valence-electron chi connectivity index (χ0n) is 15.3. The Kier molecular flexibility index (Phi) is 5.56. The van der Waals surface area contributed by atoms with E-state index in [0.29, 0.717) is 37.8 Å². The lowest BCUT2D eigenvalue weighted by molar-refractivity contribution is -0.130. The number of rotatable bonds is 3. The summed E-state index contributed by atoms with van der Waals surface area (Å²) >= 11 is 0. The van der Waals surface area contributed by atoms with Crippen LogP contribution in [0.25, 0.3) is 0 Å². The molecule has 1 unspecified atom stereocenters. The number of nitrogens with zero attached hydrogens (tertiary/aromatic N) is 4. The summed E-state index contributed by atoms with van der Waals surface area (Å²) in [6.07, 6.45) is 8.34. The van der Waals surface area contributed by atoms with Crippen LogP contribution in [0.3, 0.4) is 0 Å². The molecule has 2 aliphatic heterocycles. The Labute approximate surface area is 149 Å². The Bertz CT molecular complexity index is 626. The van der Waals surface area contributed by atoms with Gasteiger partial charge in [-0.15, -0.1) is 0 Å². The van der Waals surface area contributed by atoms with Gasteiger partial charge in [0.25, 0.3) is 5.91 Å². The van der Waals surface area contributed by atoms with Gasteiger partial charge in [0.1, 0.15) is 0 Å². The third-order valence-electron chi connectivity index (χ3n) is 5.41. The summed E-state index contributed by atoms with van der Waals surface area (Å²) in [4.78, 5) is 34.6. The molecule has 6 nitrogen and oxygen atoms in total. The van der Waals surface area contributed by atoms with Crippen LogP contribution in [0.15, 0.2) is 18.5 Å². The molecule has 1 atom stereocenters. The van der Waals surface area contributed by atoms with Crippen LogP contribution in [-0.2, 0) is 4.79 Å². The number of carbonyl (C=O) groups excluding carboxylic acids is 2. The first kappa shape index (κ1) is 17.7. The van der Waals surface area contributed by atoms with Gasteiger partial charge in [-0.25, -0.2) is 0 Å². The molecule has 2 saturated heterocycles. The van der Waals surface area contributed by atoms with Crippen LogP contribution in [-0.4, -0.2) is 65.4 Å². The summed E-state index contributed by atoms with van der Waals surface area (Å²) in [6.45, 7) is 7.23. The molecule has 0 aromatic carbocycles. The third-order valence-corrected chi connectivity index (χ3v) is 5.41. The highest BCUT2D eigenvalue weighted by Crippen LogP contribution is 2.26. The van der Waals surface area contributed by atoms with Crippen molar-refractivity contribution in [2.24, 2.45) is 0 Å². The van der Waals surface area contributed by atoms with E-state index in [1.165, 1.54) is 19.3 Å². The van der Waals surface area contributed by atoms with E-state index < -0.39 is 0 Å². The van der Waals surface area contributed by atoms with Crippen molar-refractivity contribution >= 4 is 17.5 Å². The predicted molar refractivity (Wildman–Crippen MR) is 97.7 cm³/mol. The molecule has 2 aliphatic rings. The fourth-order valence-electron chi connectivity index (χ4n) is 3.87. The maximum atomic E-state index is 12.8. The Hall–Kier alpha value is -2.11. The standard InChI is InChI=1S/C19H28N4O2/c1-3-17-6-4-5-7-23(17)18-12-16(13-20-14-18)19(25)22-10-8-21(9-11-22)15(2)24/h12-14,17H,3-11H2,1-2H3. The molecule has 25 heavy (non-hydrogen) atoms. The highest BCUT2D eigenvalue weighted by molar-refractivity contribution is 5.95. The van der Waals surface area contributed by atoms with Crippen molar-refractivity contribution in [1.82, 2.24) is 14.8 Å². The lowest BCUT2D eigenvalue weighted by Crippen LogP contribution is -2.50. The number of hydrogen-bond acceptors (Lipinski definition) is 4. The second-order valence-corrected chi connectivity index (χ2v) is 6.98. The van der Waals surface area contributed by atoms with Crippen LogP contribution < -0.4 is 4.90 Å². The van der Waals surface area contributed by atoms with Gasteiger partial charge in [-0.1, -0.05) is 6.92 Å². The summed E-state index contributed by atoms with van der Waals surface area (Å²) in [5, 5.41) is 0. The summed E-state index contributed by atoms with van der Waals surface area (Å²) in [6, 6.07) is 2.53. The number of hydrogen-bond donors (Lipinski definition) is 0. The van der Waals surface area contributed by atoms with Crippen LogP contribution in [0.2, 0.25) is 0 Å². The van der Waals surface area contributed by atoms with Crippen molar-refractivity contribution in [3.8, 4) is 0 Å². The van der Waals surface area contributed by atoms with Gasteiger partial charge in [-0.3, -0.25) is 14.6 Å². The highest BCUT2D eigenvalue weighted by Gasteiger charge is 2.25. The average Bonchev–Trinajstić information content (AvgIpc) is 2.67. The topological polar surface area (TPSA) is 56.8 Å². The second kappa shape index (κ2) is 7.85. The monoisotopic (exact) mass is 344 g/mol. The van der Waals surface area contributed by atoms with Crippen molar-refractivity contribution in [3.63, 3.8) is 0 Å². The zero-order valence-corrected chi connectivity index (χ0v) is 15.3. The van der Waals surface area contributed by atoms with Crippen molar-refractivity contribution in [1.29, 1.82) is 0 Å². The molecule has 1 aromatic heterocycles. The summed E-state index contributed by atoms with van der Waals surface area (Å²) in [5.41, 5.74) is 1.70. The average molecular weight is 344 g/mol. The van der Waals surface area contributed by atoms with Crippen LogP contribution >= 0.6 is 0 Å². The number of piperidine rings is 1. The predicted octanol–water partition coefficient (Wildman–Crippen LogP) is 2.15. The number of amides is 2. The molecule has 0 spiro atoms. The van der Waals surface area contributed by atoms with Gasteiger partial charge in [0.05, 0.1) is 17.4 Å². The molecule has 136 valence electrons. The highest BCUT2D eigenvalue weighted by atomic mass is 16.2. The lowest BCUT2D eigenvalue weighted by atomic mass is 9.99. The molecule has 3 rings (SSSR count). The lowest BCUT2D eigenvalue weighted by Gasteiger charge is -2.37. The molecule has 0 saturated carbocycles. The first-order valence-corrected chi connectivity index (χ1v) is 9.36. The van der Waals surface area contributed by atoms with Gasteiger partial charge in [0.2, 0.25) is 5.91 Å². The molecule has 2 fully saturated rings. The largest absolute Gasteiger partial charge is 0.367 e. The molecular formula is C19H28N4O2. The van der Waals surface area contributed by atoms with E-state index in [4.69, 9.17) is 0 Å². The minimum absolute atomic E-state index is 0.0163. The minimum Gasteiger partial charge on any atom is -0.367 e. The van der Waals surface area contributed by atoms with Gasteiger partial charge in [-0.2, -0.15) is 0 Å². The van der Waals surface area contributed by atoms with Crippen LogP contribution in [0, 0.1) is 0 Å². The fourth-order valence-corrected chi connectivity index (χ4v) is 3.87. The van der Waals surface area contributed by atoms with E-state index in [0.717, 1.165) is 18.7 Å². The van der Waals surface area contributed by atoms with Gasteiger partial charge in [0, 0.05) is 51.9 Å². The SMILES string of the molecule is CCC1CCCCN1c1cncc(C(=O)N2CCN(C(C)=O)CC2)c1. The molecule has 0 radical (unpaired) electrons. The third kappa shape index (κ3) is 3.94. The van der Waals surface area contributed by atoms with E-state index in [-0.39, 0.29) is 11.8 Å². The number of aromatic nitrogens is 1. The Balaban J connectivity index is 1.71. The molecule has 0 N–H and O–H groups in total. The molecule has 1 aromatic rings. The van der Waals surface area contributed by atoms with Crippen molar-refractivity contribution in [2.75, 3.05) is 37.6 Å². The first-order chi connectivity index (χ1) is 12.1. The van der Waals surface area contributed by atoms with Gasteiger partial charge in [0.15, 0.2) is 0 Å². The van der Waals surface area contributed by atoms with Crippen LogP contribution in [0.5, 0.6) is 0 Å².